The lowest BCUT2D eigenvalue weighted by Crippen LogP contribution is -2.18. The zero-order valence-corrected chi connectivity index (χ0v) is 12.5. The predicted octanol–water partition coefficient (Wildman–Crippen LogP) is 3.00. The van der Waals surface area contributed by atoms with Gasteiger partial charge in [0.05, 0.1) is 11.0 Å². The third-order valence-electron chi connectivity index (χ3n) is 3.78. The van der Waals surface area contributed by atoms with Crippen LogP contribution in [0.5, 0.6) is 0 Å². The molecule has 6 heteroatoms. The fraction of sp³-hybridized carbons (Fsp3) is 0. The molecule has 0 aliphatic rings. The molecule has 0 saturated heterocycles. The maximum absolute atomic E-state index is 12.1. The number of nitrogens with zero attached hydrogens (tertiary/aromatic N) is 4. The number of pyridine rings is 2. The summed E-state index contributed by atoms with van der Waals surface area (Å²) in [6.45, 7) is 0. The largest absolute Gasteiger partial charge is 0.272 e. The minimum Gasteiger partial charge on any atom is -0.267 e. The van der Waals surface area contributed by atoms with Gasteiger partial charge < -0.3 is 0 Å². The number of para-hydroxylation sites is 2. The maximum Gasteiger partial charge on any atom is 0.272 e. The molecule has 0 aliphatic heterocycles. The van der Waals surface area contributed by atoms with E-state index >= 15 is 0 Å². The Hall–Kier alpha value is -3.54. The van der Waals surface area contributed by atoms with Gasteiger partial charge in [0, 0.05) is 22.9 Å². The van der Waals surface area contributed by atoms with Crippen LogP contribution in [0.25, 0.3) is 21.8 Å². The maximum atomic E-state index is 12.1. The second kappa shape index (κ2) is 5.58. The number of hydrogen-bond donors (Lipinski definition) is 0. The van der Waals surface area contributed by atoms with Crippen molar-refractivity contribution in [2.45, 2.75) is 0 Å². The number of fused-ring (bicyclic) bond motifs is 2. The topological polar surface area (TPSA) is 68.7 Å². The van der Waals surface area contributed by atoms with E-state index < -0.39 is 0 Å². The van der Waals surface area contributed by atoms with Gasteiger partial charge in [0.2, 0.25) is 0 Å². The Morgan fingerprint density at radius 1 is 0.542 bits per heavy atom. The molecule has 0 saturated carbocycles. The lowest BCUT2D eigenvalue weighted by Gasteiger charge is -2.05. The van der Waals surface area contributed by atoms with Gasteiger partial charge in [-0.25, -0.2) is 0 Å². The first-order valence-corrected chi connectivity index (χ1v) is 7.38. The van der Waals surface area contributed by atoms with E-state index in [9.17, 15) is 9.59 Å². The lowest BCUT2D eigenvalue weighted by molar-refractivity contribution is 0.685. The van der Waals surface area contributed by atoms with Gasteiger partial charge in [0.1, 0.15) is 0 Å². The molecular formula is C18H12N4O2. The Balaban J connectivity index is 1.94. The fourth-order valence-electron chi connectivity index (χ4n) is 2.61. The quantitative estimate of drug-likeness (QED) is 0.533. The molecule has 2 heterocycles. The summed E-state index contributed by atoms with van der Waals surface area (Å²) in [5.41, 5.74) is 0.626. The Labute approximate surface area is 135 Å². The van der Waals surface area contributed by atoms with Crippen LogP contribution in [0.1, 0.15) is 0 Å². The summed E-state index contributed by atoms with van der Waals surface area (Å²) in [6, 6.07) is 21.0. The lowest BCUT2D eigenvalue weighted by atomic mass is 10.2. The van der Waals surface area contributed by atoms with Crippen molar-refractivity contribution in [2.75, 3.05) is 0 Å². The van der Waals surface area contributed by atoms with Crippen molar-refractivity contribution in [1.29, 1.82) is 0 Å². The van der Waals surface area contributed by atoms with E-state index in [0.29, 0.717) is 11.0 Å². The van der Waals surface area contributed by atoms with Crippen LogP contribution in [-0.2, 0) is 0 Å². The highest BCUT2D eigenvalue weighted by Gasteiger charge is 2.03. The second-order valence-electron chi connectivity index (χ2n) is 5.26. The Morgan fingerprint density at radius 2 is 0.958 bits per heavy atom. The molecule has 0 amide bonds. The molecule has 0 fully saturated rings. The van der Waals surface area contributed by atoms with E-state index in [1.165, 1.54) is 21.5 Å². The van der Waals surface area contributed by atoms with E-state index in [2.05, 4.69) is 10.4 Å². The third-order valence-corrected chi connectivity index (χ3v) is 3.78. The van der Waals surface area contributed by atoms with Crippen LogP contribution in [0.3, 0.4) is 0 Å². The molecule has 0 radical (unpaired) electrons. The van der Waals surface area contributed by atoms with Crippen molar-refractivity contribution < 1.29 is 0 Å². The summed E-state index contributed by atoms with van der Waals surface area (Å²) in [5.74, 6) is 0. The van der Waals surface area contributed by atoms with E-state index in [1.54, 1.807) is 24.3 Å². The number of hydrogen-bond acceptors (Lipinski definition) is 4. The van der Waals surface area contributed by atoms with Gasteiger partial charge in [-0.05, 0) is 34.7 Å². The molecule has 0 spiro atoms. The van der Waals surface area contributed by atoms with E-state index in [1.807, 2.05) is 36.4 Å². The second-order valence-corrected chi connectivity index (χ2v) is 5.26. The Bertz CT molecular complexity index is 1110. The van der Waals surface area contributed by atoms with Gasteiger partial charge in [-0.1, -0.05) is 36.4 Å². The Kier molecular flexibility index (Phi) is 3.28. The molecule has 2 aromatic heterocycles. The Morgan fingerprint density at radius 3 is 1.42 bits per heavy atom. The molecule has 0 atom stereocenters. The van der Waals surface area contributed by atoms with Crippen LogP contribution < -0.4 is 11.1 Å². The van der Waals surface area contributed by atoms with Crippen LogP contribution in [0.4, 0.5) is 0 Å². The zero-order valence-electron chi connectivity index (χ0n) is 12.5. The van der Waals surface area contributed by atoms with Crippen molar-refractivity contribution in [1.82, 2.24) is 9.35 Å². The zero-order chi connectivity index (χ0) is 16.5. The number of benzene rings is 2. The first-order valence-electron chi connectivity index (χ1n) is 7.38. The third kappa shape index (κ3) is 2.30. The van der Waals surface area contributed by atoms with Crippen molar-refractivity contribution in [3.63, 3.8) is 0 Å². The summed E-state index contributed by atoms with van der Waals surface area (Å²) in [6.07, 6.45) is 0. The van der Waals surface area contributed by atoms with Gasteiger partial charge in [0.25, 0.3) is 11.1 Å². The molecule has 24 heavy (non-hydrogen) atoms. The smallest absolute Gasteiger partial charge is 0.267 e. The van der Waals surface area contributed by atoms with Crippen LogP contribution in [-0.4, -0.2) is 9.35 Å². The van der Waals surface area contributed by atoms with Gasteiger partial charge >= 0.3 is 0 Å². The van der Waals surface area contributed by atoms with E-state index in [0.717, 1.165) is 10.8 Å². The van der Waals surface area contributed by atoms with Crippen LogP contribution in [0.2, 0.25) is 0 Å². The predicted molar refractivity (Wildman–Crippen MR) is 92.1 cm³/mol. The van der Waals surface area contributed by atoms with Gasteiger partial charge in [-0.15, -0.1) is 0 Å². The van der Waals surface area contributed by atoms with Crippen molar-refractivity contribution in [2.24, 2.45) is 10.4 Å². The highest BCUT2D eigenvalue weighted by Crippen LogP contribution is 2.13. The van der Waals surface area contributed by atoms with Gasteiger partial charge in [-0.3, -0.25) is 9.59 Å². The molecular weight excluding hydrogens is 304 g/mol. The van der Waals surface area contributed by atoms with Gasteiger partial charge in [-0.2, -0.15) is 9.35 Å². The highest BCUT2D eigenvalue weighted by atomic mass is 16.1. The summed E-state index contributed by atoms with van der Waals surface area (Å²) < 4.78 is 2.37. The minimum atomic E-state index is -0.314. The molecule has 6 nitrogen and oxygen atoms in total. The number of aromatic nitrogens is 2. The molecule has 4 aromatic rings. The first-order chi connectivity index (χ1) is 11.7. The molecule has 2 aromatic carbocycles. The molecule has 116 valence electrons. The fourth-order valence-corrected chi connectivity index (χ4v) is 2.61. The van der Waals surface area contributed by atoms with Gasteiger partial charge in [0.15, 0.2) is 0 Å². The first kappa shape index (κ1) is 14.1. The minimum absolute atomic E-state index is 0.314. The molecule has 0 N–H and O–H groups in total. The summed E-state index contributed by atoms with van der Waals surface area (Å²) >= 11 is 0. The van der Waals surface area contributed by atoms with E-state index in [-0.39, 0.29) is 11.1 Å². The summed E-state index contributed by atoms with van der Waals surface area (Å²) in [5, 5.41) is 9.74. The van der Waals surface area contributed by atoms with E-state index in [4.69, 9.17) is 0 Å². The number of rotatable bonds is 2. The monoisotopic (exact) mass is 316 g/mol. The van der Waals surface area contributed by atoms with Crippen molar-refractivity contribution >= 4 is 21.8 Å². The summed E-state index contributed by atoms with van der Waals surface area (Å²) in [4.78, 5) is 24.2. The normalized spacial score (nSPS) is 11.5. The molecule has 0 bridgehead atoms. The average Bonchev–Trinajstić information content (AvgIpc) is 2.62. The van der Waals surface area contributed by atoms with Crippen LogP contribution in [0, 0.1) is 0 Å². The molecule has 4 rings (SSSR count). The SMILES string of the molecule is O=c1ccc2ccccc2n1/N=N/n1c(=O)ccc2ccccc21. The molecule has 0 unspecified atom stereocenters. The average molecular weight is 316 g/mol. The van der Waals surface area contributed by atoms with Crippen LogP contribution >= 0.6 is 0 Å². The highest BCUT2D eigenvalue weighted by molar-refractivity contribution is 5.79. The van der Waals surface area contributed by atoms with Crippen molar-refractivity contribution in [3.8, 4) is 0 Å². The van der Waals surface area contributed by atoms with Crippen LogP contribution in [0.15, 0.2) is 92.8 Å². The standard InChI is InChI=1S/C18H12N4O2/c23-17-11-9-13-5-1-3-7-15(13)21(17)19-20-22-16-8-4-2-6-14(16)10-12-18(22)24/h1-12H/b20-19+. The summed E-state index contributed by atoms with van der Waals surface area (Å²) in [7, 11) is 0. The molecule has 0 aliphatic carbocycles. The van der Waals surface area contributed by atoms with Crippen molar-refractivity contribution in [3.05, 3.63) is 93.5 Å².